The zero-order chi connectivity index (χ0) is 21.4. The third-order valence-corrected chi connectivity index (χ3v) is 7.60. The summed E-state index contributed by atoms with van der Waals surface area (Å²) in [5.41, 5.74) is 3.27. The van der Waals surface area contributed by atoms with Gasteiger partial charge in [0.15, 0.2) is 11.5 Å². The van der Waals surface area contributed by atoms with Gasteiger partial charge in [-0.15, -0.1) is 0 Å². The highest BCUT2D eigenvalue weighted by Crippen LogP contribution is 2.60. The van der Waals surface area contributed by atoms with Gasteiger partial charge in [-0.3, -0.25) is 4.79 Å². The normalized spacial score (nSPS) is 28.4. The summed E-state index contributed by atoms with van der Waals surface area (Å²) in [6.07, 6.45) is 8.45. The largest absolute Gasteiger partial charge is 0.490 e. The Morgan fingerprint density at radius 1 is 0.871 bits per heavy atom. The molecule has 2 aromatic rings. The highest BCUT2D eigenvalue weighted by Gasteiger charge is 2.51. The molecule has 4 aliphatic carbocycles. The lowest BCUT2D eigenvalue weighted by molar-refractivity contribution is -0.00518. The predicted octanol–water partition coefficient (Wildman–Crippen LogP) is 6.20. The van der Waals surface area contributed by atoms with Crippen LogP contribution in [0.4, 0.5) is 5.69 Å². The van der Waals surface area contributed by atoms with E-state index >= 15 is 0 Å². The van der Waals surface area contributed by atoms with Gasteiger partial charge in [-0.2, -0.15) is 0 Å². The van der Waals surface area contributed by atoms with Crippen LogP contribution in [0.15, 0.2) is 42.5 Å². The molecular formula is C27H33NO3. The molecule has 4 saturated carbocycles. The number of nitrogens with one attached hydrogen (secondary N) is 1. The topological polar surface area (TPSA) is 47.6 Å². The van der Waals surface area contributed by atoms with Crippen molar-refractivity contribution in [1.82, 2.24) is 0 Å². The van der Waals surface area contributed by atoms with Crippen LogP contribution < -0.4 is 14.8 Å². The van der Waals surface area contributed by atoms with Crippen LogP contribution >= 0.6 is 0 Å². The second-order valence-corrected chi connectivity index (χ2v) is 9.76. The van der Waals surface area contributed by atoms with E-state index in [-0.39, 0.29) is 5.91 Å². The van der Waals surface area contributed by atoms with Crippen molar-refractivity contribution in [3.63, 3.8) is 0 Å². The number of amides is 1. The molecule has 4 aliphatic rings. The van der Waals surface area contributed by atoms with Gasteiger partial charge in [0.1, 0.15) is 0 Å². The molecule has 4 fully saturated rings. The van der Waals surface area contributed by atoms with E-state index in [1.54, 1.807) is 18.2 Å². The summed E-state index contributed by atoms with van der Waals surface area (Å²) < 4.78 is 11.3. The minimum atomic E-state index is -0.133. The van der Waals surface area contributed by atoms with Crippen molar-refractivity contribution < 1.29 is 14.3 Å². The van der Waals surface area contributed by atoms with Gasteiger partial charge in [0.05, 0.1) is 13.2 Å². The van der Waals surface area contributed by atoms with Gasteiger partial charge >= 0.3 is 0 Å². The fourth-order valence-corrected chi connectivity index (χ4v) is 6.77. The Hall–Kier alpha value is -2.49. The Balaban J connectivity index is 1.30. The molecule has 1 N–H and O–H groups in total. The first-order valence-electron chi connectivity index (χ1n) is 11.9. The van der Waals surface area contributed by atoms with E-state index in [1.165, 1.54) is 44.1 Å². The van der Waals surface area contributed by atoms with E-state index in [4.69, 9.17) is 9.47 Å². The van der Waals surface area contributed by atoms with Crippen LogP contribution in [0, 0.1) is 17.8 Å². The number of hydrogen-bond donors (Lipinski definition) is 1. The zero-order valence-electron chi connectivity index (χ0n) is 18.7. The van der Waals surface area contributed by atoms with Crippen LogP contribution in [-0.2, 0) is 5.41 Å². The highest BCUT2D eigenvalue weighted by molar-refractivity contribution is 6.04. The van der Waals surface area contributed by atoms with E-state index in [1.807, 2.05) is 13.8 Å². The molecule has 2 aromatic carbocycles. The van der Waals surface area contributed by atoms with Crippen LogP contribution in [0.5, 0.6) is 11.5 Å². The quantitative estimate of drug-likeness (QED) is 0.581. The maximum atomic E-state index is 12.8. The molecule has 0 saturated heterocycles. The molecular weight excluding hydrogens is 386 g/mol. The van der Waals surface area contributed by atoms with Gasteiger partial charge in [-0.05, 0) is 111 Å². The Morgan fingerprint density at radius 3 is 2.03 bits per heavy atom. The maximum absolute atomic E-state index is 12.8. The van der Waals surface area contributed by atoms with E-state index in [2.05, 4.69) is 29.6 Å². The second kappa shape index (κ2) is 8.22. The highest BCUT2D eigenvalue weighted by atomic mass is 16.5. The first kappa shape index (κ1) is 20.4. The first-order chi connectivity index (χ1) is 15.1. The lowest BCUT2D eigenvalue weighted by atomic mass is 9.48. The zero-order valence-corrected chi connectivity index (χ0v) is 18.7. The average molecular weight is 420 g/mol. The van der Waals surface area contributed by atoms with E-state index in [9.17, 15) is 4.79 Å². The molecule has 0 aromatic heterocycles. The molecule has 0 unspecified atom stereocenters. The number of carbonyl (C=O) groups is 1. The number of anilines is 1. The summed E-state index contributed by atoms with van der Waals surface area (Å²) in [5, 5.41) is 3.04. The summed E-state index contributed by atoms with van der Waals surface area (Å²) in [5.74, 6) is 3.95. The lowest BCUT2D eigenvalue weighted by Gasteiger charge is -2.57. The van der Waals surface area contributed by atoms with Crippen molar-refractivity contribution in [2.24, 2.45) is 17.8 Å². The van der Waals surface area contributed by atoms with Crippen LogP contribution in [0.3, 0.4) is 0 Å². The third-order valence-electron chi connectivity index (χ3n) is 7.60. The predicted molar refractivity (Wildman–Crippen MR) is 123 cm³/mol. The van der Waals surface area contributed by atoms with Crippen molar-refractivity contribution in [1.29, 1.82) is 0 Å². The van der Waals surface area contributed by atoms with Gasteiger partial charge in [0.25, 0.3) is 5.91 Å². The van der Waals surface area contributed by atoms with Crippen LogP contribution in [-0.4, -0.2) is 19.1 Å². The molecule has 1 amide bonds. The van der Waals surface area contributed by atoms with Crippen molar-refractivity contribution in [3.8, 4) is 11.5 Å². The summed E-state index contributed by atoms with van der Waals surface area (Å²) in [7, 11) is 0. The van der Waals surface area contributed by atoms with Gasteiger partial charge < -0.3 is 14.8 Å². The van der Waals surface area contributed by atoms with Crippen molar-refractivity contribution in [2.75, 3.05) is 18.5 Å². The smallest absolute Gasteiger partial charge is 0.255 e. The number of rotatable bonds is 7. The Labute approximate surface area is 185 Å². The molecule has 0 spiro atoms. The van der Waals surface area contributed by atoms with Crippen molar-refractivity contribution >= 4 is 11.6 Å². The minimum absolute atomic E-state index is 0.133. The van der Waals surface area contributed by atoms with Crippen LogP contribution in [0.25, 0.3) is 0 Å². The van der Waals surface area contributed by atoms with E-state index < -0.39 is 0 Å². The van der Waals surface area contributed by atoms with Crippen molar-refractivity contribution in [2.45, 2.75) is 57.8 Å². The number of benzene rings is 2. The molecule has 0 radical (unpaired) electrons. The van der Waals surface area contributed by atoms with Crippen molar-refractivity contribution in [3.05, 3.63) is 53.6 Å². The summed E-state index contributed by atoms with van der Waals surface area (Å²) >= 11 is 0. The van der Waals surface area contributed by atoms with E-state index in [0.717, 1.165) is 23.4 Å². The molecule has 31 heavy (non-hydrogen) atoms. The molecule has 4 bridgehead atoms. The molecule has 0 atom stereocenters. The Morgan fingerprint density at radius 2 is 1.45 bits per heavy atom. The van der Waals surface area contributed by atoms with Crippen LogP contribution in [0.2, 0.25) is 0 Å². The number of carbonyl (C=O) groups excluding carboxylic acids is 1. The monoisotopic (exact) mass is 419 g/mol. The average Bonchev–Trinajstić information content (AvgIpc) is 2.75. The maximum Gasteiger partial charge on any atom is 0.255 e. The fourth-order valence-electron chi connectivity index (χ4n) is 6.77. The Kier molecular flexibility index (Phi) is 5.41. The third kappa shape index (κ3) is 3.93. The first-order valence-corrected chi connectivity index (χ1v) is 11.9. The Bertz CT molecular complexity index is 914. The van der Waals surface area contributed by atoms with E-state index in [0.29, 0.717) is 35.7 Å². The molecule has 0 aliphatic heterocycles. The summed E-state index contributed by atoms with van der Waals surface area (Å²) in [6, 6.07) is 14.0. The summed E-state index contributed by atoms with van der Waals surface area (Å²) in [6.45, 7) is 4.94. The minimum Gasteiger partial charge on any atom is -0.490 e. The van der Waals surface area contributed by atoms with Gasteiger partial charge in [0.2, 0.25) is 0 Å². The van der Waals surface area contributed by atoms with Gasteiger partial charge in [-0.1, -0.05) is 12.1 Å². The molecule has 164 valence electrons. The standard InChI is InChI=1S/C27H33NO3/c1-3-30-24-10-5-21(14-25(24)31-4-2)26(29)28-23-8-6-22(7-9-23)27-15-18-11-19(16-27)13-20(12-18)17-27/h5-10,14,18-20H,3-4,11-13,15-17H2,1-2H3,(H,28,29). The number of hydrogen-bond acceptors (Lipinski definition) is 3. The SMILES string of the molecule is CCOc1ccc(C(=O)Nc2ccc(C34CC5CC(CC(C5)C3)C4)cc2)cc1OCC. The lowest BCUT2D eigenvalue weighted by Crippen LogP contribution is -2.48. The fraction of sp³-hybridized carbons (Fsp3) is 0.519. The second-order valence-electron chi connectivity index (χ2n) is 9.76. The van der Waals surface area contributed by atoms with Crippen LogP contribution in [0.1, 0.15) is 68.3 Å². The molecule has 0 heterocycles. The molecule has 4 nitrogen and oxygen atoms in total. The summed E-state index contributed by atoms with van der Waals surface area (Å²) in [4.78, 5) is 12.8. The molecule has 6 rings (SSSR count). The number of ether oxygens (including phenoxy) is 2. The van der Waals surface area contributed by atoms with Gasteiger partial charge in [-0.25, -0.2) is 0 Å². The van der Waals surface area contributed by atoms with Gasteiger partial charge in [0, 0.05) is 11.3 Å². The molecule has 4 heteroatoms.